The molecule has 0 bridgehead atoms. The molecule has 0 amide bonds. The normalized spacial score (nSPS) is 14.1. The van der Waals surface area contributed by atoms with Gasteiger partial charge in [0.1, 0.15) is 11.6 Å². The first-order valence-electron chi connectivity index (χ1n) is 5.96. The van der Waals surface area contributed by atoms with Gasteiger partial charge in [-0.25, -0.2) is 4.98 Å². The molecule has 2 aromatic rings. The van der Waals surface area contributed by atoms with E-state index in [1.807, 2.05) is 32.0 Å². The minimum atomic E-state index is 0.0151. The highest BCUT2D eigenvalue weighted by molar-refractivity contribution is 8.01. The average molecular weight is 295 g/mol. The lowest BCUT2D eigenvalue weighted by Crippen LogP contribution is -2.22. The second kappa shape index (κ2) is 6.36. The van der Waals surface area contributed by atoms with Gasteiger partial charge in [-0.3, -0.25) is 0 Å². The number of aromatic nitrogens is 2. The Morgan fingerprint density at radius 1 is 1.42 bits per heavy atom. The zero-order chi connectivity index (χ0) is 13.8. The Labute approximate surface area is 121 Å². The van der Waals surface area contributed by atoms with Crippen LogP contribution in [0.3, 0.4) is 0 Å². The number of rotatable bonds is 5. The Bertz CT molecular complexity index is 542. The lowest BCUT2D eigenvalue weighted by Gasteiger charge is -2.19. The lowest BCUT2D eigenvalue weighted by molar-refractivity contribution is 0.414. The zero-order valence-corrected chi connectivity index (χ0v) is 12.8. The van der Waals surface area contributed by atoms with Crippen LogP contribution in [0.25, 0.3) is 0 Å². The predicted octanol–water partition coefficient (Wildman–Crippen LogP) is 3.04. The van der Waals surface area contributed by atoms with E-state index in [0.29, 0.717) is 0 Å². The largest absolute Gasteiger partial charge is 0.497 e. The van der Waals surface area contributed by atoms with Gasteiger partial charge in [0.2, 0.25) is 0 Å². The van der Waals surface area contributed by atoms with Crippen LogP contribution < -0.4 is 10.5 Å². The molecule has 0 saturated heterocycles. The molecule has 0 fully saturated rings. The summed E-state index contributed by atoms with van der Waals surface area (Å²) in [6.07, 6.45) is 0. The highest BCUT2D eigenvalue weighted by Gasteiger charge is 2.20. The Kier molecular flexibility index (Phi) is 4.79. The molecule has 0 aliphatic carbocycles. The molecule has 4 nitrogen and oxygen atoms in total. The van der Waals surface area contributed by atoms with E-state index in [9.17, 15) is 0 Å². The van der Waals surface area contributed by atoms with Crippen molar-refractivity contribution in [3.05, 3.63) is 35.7 Å². The molecule has 2 rings (SSSR count). The fourth-order valence-electron chi connectivity index (χ4n) is 1.73. The monoisotopic (exact) mass is 295 g/mol. The molecule has 0 saturated carbocycles. The van der Waals surface area contributed by atoms with Gasteiger partial charge in [-0.2, -0.15) is 4.37 Å². The van der Waals surface area contributed by atoms with Crippen LogP contribution in [-0.4, -0.2) is 22.5 Å². The molecule has 1 aromatic heterocycles. The zero-order valence-electron chi connectivity index (χ0n) is 11.2. The molecule has 0 aliphatic heterocycles. The molecule has 0 aliphatic rings. The first-order valence-corrected chi connectivity index (χ1v) is 7.62. The van der Waals surface area contributed by atoms with Crippen molar-refractivity contribution in [1.29, 1.82) is 0 Å². The van der Waals surface area contributed by atoms with Crippen molar-refractivity contribution in [1.82, 2.24) is 9.36 Å². The topological polar surface area (TPSA) is 61.0 Å². The molecule has 102 valence electrons. The number of methoxy groups -OCH3 is 1. The van der Waals surface area contributed by atoms with Crippen molar-refractivity contribution >= 4 is 23.3 Å². The average Bonchev–Trinajstić information content (AvgIpc) is 2.81. The highest BCUT2D eigenvalue weighted by Crippen LogP contribution is 2.38. The van der Waals surface area contributed by atoms with E-state index in [0.717, 1.165) is 21.5 Å². The van der Waals surface area contributed by atoms with Gasteiger partial charge in [0.25, 0.3) is 0 Å². The van der Waals surface area contributed by atoms with E-state index in [4.69, 9.17) is 10.5 Å². The number of aryl methyl sites for hydroxylation is 1. The smallest absolute Gasteiger partial charge is 0.170 e. The summed E-state index contributed by atoms with van der Waals surface area (Å²) in [7, 11) is 1.67. The van der Waals surface area contributed by atoms with Crippen molar-refractivity contribution < 1.29 is 4.74 Å². The number of ether oxygens (including phenoxy) is 1. The van der Waals surface area contributed by atoms with Crippen molar-refractivity contribution in [3.8, 4) is 5.75 Å². The summed E-state index contributed by atoms with van der Waals surface area (Å²) < 4.78 is 10.4. The molecular weight excluding hydrogens is 278 g/mol. The molecule has 0 spiro atoms. The van der Waals surface area contributed by atoms with Crippen LogP contribution in [0.5, 0.6) is 5.75 Å². The minimum absolute atomic E-state index is 0.0151. The molecule has 0 radical (unpaired) electrons. The van der Waals surface area contributed by atoms with E-state index < -0.39 is 0 Å². The summed E-state index contributed by atoms with van der Waals surface area (Å²) in [5.41, 5.74) is 7.26. The van der Waals surface area contributed by atoms with Crippen LogP contribution in [0.2, 0.25) is 0 Å². The molecule has 1 heterocycles. The van der Waals surface area contributed by atoms with Crippen molar-refractivity contribution in [2.75, 3.05) is 7.11 Å². The van der Waals surface area contributed by atoms with Crippen LogP contribution >= 0.6 is 23.3 Å². The Balaban J connectivity index is 2.24. The number of nitrogens with zero attached hydrogens (tertiary/aromatic N) is 2. The second-order valence-electron chi connectivity index (χ2n) is 4.28. The van der Waals surface area contributed by atoms with E-state index in [1.165, 1.54) is 11.5 Å². The van der Waals surface area contributed by atoms with E-state index >= 15 is 0 Å². The lowest BCUT2D eigenvalue weighted by atomic mass is 10.1. The Morgan fingerprint density at radius 3 is 2.79 bits per heavy atom. The number of hydrogen-bond donors (Lipinski definition) is 1. The van der Waals surface area contributed by atoms with Crippen molar-refractivity contribution in [2.45, 2.75) is 29.5 Å². The maximum Gasteiger partial charge on any atom is 0.170 e. The van der Waals surface area contributed by atoms with Crippen LogP contribution in [-0.2, 0) is 0 Å². The molecule has 2 atom stereocenters. The third-order valence-corrected chi connectivity index (χ3v) is 5.00. The maximum atomic E-state index is 6.11. The predicted molar refractivity (Wildman–Crippen MR) is 79.9 cm³/mol. The molecule has 6 heteroatoms. The third kappa shape index (κ3) is 3.68. The molecule has 1 aromatic carbocycles. The minimum Gasteiger partial charge on any atom is -0.497 e. The fourth-order valence-corrected chi connectivity index (χ4v) is 3.65. The molecular formula is C13H17N3OS2. The van der Waals surface area contributed by atoms with Gasteiger partial charge < -0.3 is 10.5 Å². The van der Waals surface area contributed by atoms with Crippen LogP contribution in [0.15, 0.2) is 28.6 Å². The SMILES string of the molecule is COc1cccc(C(Sc2nc(C)ns2)C(C)N)c1. The Morgan fingerprint density at radius 2 is 2.21 bits per heavy atom. The summed E-state index contributed by atoms with van der Waals surface area (Å²) in [6.45, 7) is 3.90. The van der Waals surface area contributed by atoms with Crippen LogP contribution in [0.1, 0.15) is 23.6 Å². The standard InChI is InChI=1S/C13H17N3OS2/c1-8(14)12(18-13-15-9(2)16-19-13)10-5-4-6-11(7-10)17-3/h4-8,12H,14H2,1-3H3. The summed E-state index contributed by atoms with van der Waals surface area (Å²) in [5, 5.41) is 0.141. The fraction of sp³-hybridized carbons (Fsp3) is 0.385. The van der Waals surface area contributed by atoms with E-state index in [-0.39, 0.29) is 11.3 Å². The summed E-state index contributed by atoms with van der Waals surface area (Å²) in [5.74, 6) is 1.65. The number of thioether (sulfide) groups is 1. The van der Waals surface area contributed by atoms with Gasteiger partial charge in [-0.1, -0.05) is 23.9 Å². The van der Waals surface area contributed by atoms with Gasteiger partial charge >= 0.3 is 0 Å². The van der Waals surface area contributed by atoms with Gasteiger partial charge in [0.05, 0.1) is 12.4 Å². The molecule has 19 heavy (non-hydrogen) atoms. The van der Waals surface area contributed by atoms with E-state index in [2.05, 4.69) is 15.4 Å². The summed E-state index contributed by atoms with van der Waals surface area (Å²) in [4.78, 5) is 4.38. The van der Waals surface area contributed by atoms with Gasteiger partial charge in [0, 0.05) is 6.04 Å². The highest BCUT2D eigenvalue weighted by atomic mass is 32.2. The van der Waals surface area contributed by atoms with Crippen molar-refractivity contribution in [3.63, 3.8) is 0 Å². The summed E-state index contributed by atoms with van der Waals surface area (Å²) in [6, 6.07) is 8.02. The van der Waals surface area contributed by atoms with Crippen LogP contribution in [0.4, 0.5) is 0 Å². The van der Waals surface area contributed by atoms with Gasteiger partial charge in [0.15, 0.2) is 4.34 Å². The number of nitrogens with two attached hydrogens (primary N) is 1. The maximum absolute atomic E-state index is 6.11. The van der Waals surface area contributed by atoms with Gasteiger partial charge in [-0.05, 0) is 43.1 Å². The van der Waals surface area contributed by atoms with Crippen LogP contribution in [0, 0.1) is 6.92 Å². The number of hydrogen-bond acceptors (Lipinski definition) is 6. The summed E-state index contributed by atoms with van der Waals surface area (Å²) >= 11 is 3.07. The first-order chi connectivity index (χ1) is 9.10. The van der Waals surface area contributed by atoms with Crippen molar-refractivity contribution in [2.24, 2.45) is 5.73 Å². The number of benzene rings is 1. The molecule has 2 unspecified atom stereocenters. The second-order valence-corrected chi connectivity index (χ2v) is 6.42. The van der Waals surface area contributed by atoms with Gasteiger partial charge in [-0.15, -0.1) is 0 Å². The first kappa shape index (κ1) is 14.3. The van der Waals surface area contributed by atoms with E-state index in [1.54, 1.807) is 18.9 Å². The third-order valence-electron chi connectivity index (χ3n) is 2.64. The Hall–Kier alpha value is -1.11. The quantitative estimate of drug-likeness (QED) is 0.859. The molecule has 2 N–H and O–H groups in total.